The van der Waals surface area contributed by atoms with Gasteiger partial charge in [0.05, 0.1) is 24.7 Å². The van der Waals surface area contributed by atoms with Crippen LogP contribution in [0.4, 0.5) is 0 Å². The van der Waals surface area contributed by atoms with Crippen LogP contribution < -0.4 is 14.8 Å². The van der Waals surface area contributed by atoms with Crippen molar-refractivity contribution in [3.05, 3.63) is 78.4 Å². The van der Waals surface area contributed by atoms with Crippen LogP contribution in [0.3, 0.4) is 0 Å². The quantitative estimate of drug-likeness (QED) is 0.376. The van der Waals surface area contributed by atoms with E-state index in [4.69, 9.17) is 9.47 Å². The van der Waals surface area contributed by atoms with Gasteiger partial charge >= 0.3 is 5.97 Å². The SMILES string of the molecule is COc1cccc(OC)c1-c1ccc(C[C@H](NC(=O)C2(S(=O)(=O)c3ccccc3)CCCCC2)C(=O)O)cc1. The summed E-state index contributed by atoms with van der Waals surface area (Å²) < 4.78 is 36.7. The molecule has 4 rings (SSSR count). The molecule has 1 aliphatic carbocycles. The van der Waals surface area contributed by atoms with Gasteiger partial charge in [0.2, 0.25) is 5.91 Å². The Morgan fingerprint density at radius 3 is 2.00 bits per heavy atom. The highest BCUT2D eigenvalue weighted by atomic mass is 32.2. The molecule has 0 aromatic heterocycles. The summed E-state index contributed by atoms with van der Waals surface area (Å²) in [7, 11) is -0.899. The number of nitrogens with one attached hydrogen (secondary N) is 1. The van der Waals surface area contributed by atoms with Gasteiger partial charge in [0.1, 0.15) is 17.5 Å². The standard InChI is InChI=1S/C30H33NO7S/c1-37-25-12-9-13-26(38-2)27(25)22-16-14-21(15-17-22)20-24(28(32)33)31-29(34)30(18-7-4-8-19-30)39(35,36)23-10-5-3-6-11-23/h3,5-6,9-17,24H,4,7-8,18-20H2,1-2H3,(H,31,34)(H,32,33)/t24-/m0/s1. The molecular formula is C30H33NO7S. The number of methoxy groups -OCH3 is 2. The number of carbonyl (C=O) groups excluding carboxylic acids is 1. The minimum Gasteiger partial charge on any atom is -0.496 e. The zero-order chi connectivity index (χ0) is 28.0. The van der Waals surface area contributed by atoms with Crippen molar-refractivity contribution in [3.8, 4) is 22.6 Å². The van der Waals surface area contributed by atoms with E-state index >= 15 is 0 Å². The second-order valence-corrected chi connectivity index (χ2v) is 11.9. The lowest BCUT2D eigenvalue weighted by molar-refractivity contribution is -0.142. The fourth-order valence-corrected chi connectivity index (χ4v) is 7.33. The van der Waals surface area contributed by atoms with E-state index in [1.165, 1.54) is 12.1 Å². The number of carbonyl (C=O) groups is 2. The number of ether oxygens (including phenoxy) is 2. The molecule has 1 saturated carbocycles. The molecule has 0 aliphatic heterocycles. The Morgan fingerprint density at radius 1 is 0.872 bits per heavy atom. The molecule has 1 fully saturated rings. The average molecular weight is 552 g/mol. The number of rotatable bonds is 10. The predicted octanol–water partition coefficient (Wildman–Crippen LogP) is 4.66. The lowest BCUT2D eigenvalue weighted by Crippen LogP contribution is -2.57. The Kier molecular flexibility index (Phi) is 8.60. The zero-order valence-corrected chi connectivity index (χ0v) is 22.9. The van der Waals surface area contributed by atoms with Crippen molar-refractivity contribution in [2.24, 2.45) is 0 Å². The van der Waals surface area contributed by atoms with Crippen LogP contribution in [0.15, 0.2) is 77.7 Å². The van der Waals surface area contributed by atoms with Crippen molar-refractivity contribution in [1.82, 2.24) is 5.32 Å². The van der Waals surface area contributed by atoms with E-state index in [0.717, 1.165) is 17.5 Å². The van der Waals surface area contributed by atoms with Crippen LogP contribution in [0.25, 0.3) is 11.1 Å². The van der Waals surface area contributed by atoms with Crippen molar-refractivity contribution in [2.45, 2.75) is 54.2 Å². The smallest absolute Gasteiger partial charge is 0.326 e. The molecule has 0 bridgehead atoms. The van der Waals surface area contributed by atoms with Gasteiger partial charge in [-0.25, -0.2) is 13.2 Å². The maximum Gasteiger partial charge on any atom is 0.326 e. The number of hydrogen-bond acceptors (Lipinski definition) is 6. The van der Waals surface area contributed by atoms with Crippen molar-refractivity contribution >= 4 is 21.7 Å². The van der Waals surface area contributed by atoms with E-state index in [9.17, 15) is 23.1 Å². The molecule has 3 aromatic carbocycles. The first kappa shape index (κ1) is 28.2. The summed E-state index contributed by atoms with van der Waals surface area (Å²) in [6.07, 6.45) is 2.27. The van der Waals surface area contributed by atoms with Crippen molar-refractivity contribution < 1.29 is 32.6 Å². The fourth-order valence-electron chi connectivity index (χ4n) is 5.23. The minimum atomic E-state index is -4.05. The second kappa shape index (κ2) is 11.9. The maximum atomic E-state index is 13.7. The fraction of sp³-hybridized carbons (Fsp3) is 0.333. The molecule has 39 heavy (non-hydrogen) atoms. The summed E-state index contributed by atoms with van der Waals surface area (Å²) in [5.74, 6) is -0.721. The van der Waals surface area contributed by atoms with Gasteiger partial charge in [-0.15, -0.1) is 0 Å². The Morgan fingerprint density at radius 2 is 1.46 bits per heavy atom. The Labute approximate surface area is 228 Å². The number of benzene rings is 3. The molecule has 1 atom stereocenters. The third-order valence-corrected chi connectivity index (χ3v) is 9.87. The third-order valence-electron chi connectivity index (χ3n) is 7.36. The van der Waals surface area contributed by atoms with Crippen LogP contribution in [-0.2, 0) is 25.8 Å². The maximum absolute atomic E-state index is 13.7. The number of amides is 1. The van der Waals surface area contributed by atoms with Crippen LogP contribution in [0.5, 0.6) is 11.5 Å². The lowest BCUT2D eigenvalue weighted by atomic mass is 9.87. The molecule has 2 N–H and O–H groups in total. The molecule has 8 nitrogen and oxygen atoms in total. The highest BCUT2D eigenvalue weighted by Crippen LogP contribution is 2.40. The summed E-state index contributed by atoms with van der Waals surface area (Å²) in [5.41, 5.74) is 2.26. The summed E-state index contributed by atoms with van der Waals surface area (Å²) in [4.78, 5) is 25.9. The first-order valence-electron chi connectivity index (χ1n) is 12.9. The van der Waals surface area contributed by atoms with Crippen LogP contribution >= 0.6 is 0 Å². The summed E-state index contributed by atoms with van der Waals surface area (Å²) >= 11 is 0. The summed E-state index contributed by atoms with van der Waals surface area (Å²) in [6, 6.07) is 19.3. The van der Waals surface area contributed by atoms with E-state index < -0.39 is 32.5 Å². The Hall–Kier alpha value is -3.85. The monoisotopic (exact) mass is 551 g/mol. The first-order valence-corrected chi connectivity index (χ1v) is 14.4. The van der Waals surface area contributed by atoms with Gasteiger partial charge in [-0.3, -0.25) is 4.79 Å². The number of aliphatic carboxylic acids is 1. The molecular weight excluding hydrogens is 518 g/mol. The Balaban J connectivity index is 1.59. The van der Waals surface area contributed by atoms with Gasteiger partial charge in [0, 0.05) is 6.42 Å². The molecule has 0 heterocycles. The molecule has 0 saturated heterocycles. The zero-order valence-electron chi connectivity index (χ0n) is 22.1. The van der Waals surface area contributed by atoms with Crippen molar-refractivity contribution in [3.63, 3.8) is 0 Å². The van der Waals surface area contributed by atoms with E-state index in [1.807, 2.05) is 30.3 Å². The highest BCUT2D eigenvalue weighted by Gasteiger charge is 2.52. The largest absolute Gasteiger partial charge is 0.496 e. The molecule has 1 amide bonds. The molecule has 0 spiro atoms. The molecule has 0 unspecified atom stereocenters. The molecule has 206 valence electrons. The van der Waals surface area contributed by atoms with Gasteiger partial charge in [-0.1, -0.05) is 67.8 Å². The van der Waals surface area contributed by atoms with Gasteiger partial charge < -0.3 is 19.9 Å². The third kappa shape index (κ3) is 5.63. The summed E-state index contributed by atoms with van der Waals surface area (Å²) in [6.45, 7) is 0. The van der Waals surface area contributed by atoms with Crippen LogP contribution in [0.2, 0.25) is 0 Å². The molecule has 0 radical (unpaired) electrons. The van der Waals surface area contributed by atoms with Crippen molar-refractivity contribution in [1.29, 1.82) is 0 Å². The molecule has 9 heteroatoms. The van der Waals surface area contributed by atoms with Crippen LogP contribution in [-0.4, -0.2) is 50.4 Å². The molecule has 3 aromatic rings. The number of hydrogen-bond donors (Lipinski definition) is 2. The number of sulfone groups is 1. The van der Waals surface area contributed by atoms with Gasteiger partial charge in [0.15, 0.2) is 14.6 Å². The van der Waals surface area contributed by atoms with Crippen molar-refractivity contribution in [2.75, 3.05) is 14.2 Å². The van der Waals surface area contributed by atoms with Crippen LogP contribution in [0.1, 0.15) is 37.7 Å². The van der Waals surface area contributed by atoms with Gasteiger partial charge in [0.25, 0.3) is 0 Å². The highest BCUT2D eigenvalue weighted by molar-refractivity contribution is 7.93. The lowest BCUT2D eigenvalue weighted by Gasteiger charge is -2.36. The van der Waals surface area contributed by atoms with Gasteiger partial charge in [-0.2, -0.15) is 0 Å². The average Bonchev–Trinajstić information content (AvgIpc) is 2.97. The van der Waals surface area contributed by atoms with E-state index in [0.29, 0.717) is 29.9 Å². The minimum absolute atomic E-state index is 0.00806. The normalized spacial score (nSPS) is 15.6. The van der Waals surface area contributed by atoms with Gasteiger partial charge in [-0.05, 0) is 48.2 Å². The summed E-state index contributed by atoms with van der Waals surface area (Å²) in [5, 5.41) is 12.5. The van der Waals surface area contributed by atoms with E-state index in [1.54, 1.807) is 44.6 Å². The van der Waals surface area contributed by atoms with E-state index in [2.05, 4.69) is 5.32 Å². The number of carboxylic acids is 1. The Bertz CT molecular complexity index is 1390. The van der Waals surface area contributed by atoms with E-state index in [-0.39, 0.29) is 24.2 Å². The second-order valence-electron chi connectivity index (χ2n) is 9.67. The number of carboxylic acid groups (broad SMARTS) is 1. The first-order chi connectivity index (χ1) is 18.7. The predicted molar refractivity (Wildman–Crippen MR) is 148 cm³/mol. The topological polar surface area (TPSA) is 119 Å². The van der Waals surface area contributed by atoms with Crippen LogP contribution in [0, 0.1) is 0 Å². The molecule has 1 aliphatic rings.